The Morgan fingerprint density at radius 3 is 2.24 bits per heavy atom. The molecule has 1 saturated heterocycles. The molecule has 0 radical (unpaired) electrons. The minimum Gasteiger partial charge on any atom is -0.493 e. The predicted molar refractivity (Wildman–Crippen MR) is 139 cm³/mol. The summed E-state index contributed by atoms with van der Waals surface area (Å²) in [5.41, 5.74) is 0.745. The van der Waals surface area contributed by atoms with Crippen molar-refractivity contribution in [3.05, 3.63) is 18.5 Å². The number of methoxy groups -OCH3 is 2. The molecular weight excluding hydrogens is 544 g/mol. The number of carbonyl (C=O) groups is 1. The second kappa shape index (κ2) is 15.2. The zero-order valence-corrected chi connectivity index (χ0v) is 23.0. The highest BCUT2D eigenvalue weighted by Crippen LogP contribution is 2.33. The average molecular weight is 577 g/mol. The van der Waals surface area contributed by atoms with E-state index in [1.54, 1.807) is 25.2 Å². The lowest BCUT2D eigenvalue weighted by Crippen LogP contribution is -2.41. The van der Waals surface area contributed by atoms with Crippen molar-refractivity contribution in [2.45, 2.75) is 18.9 Å². The standard InChI is InChI=1S/C19H24N6O3.2CH4O3S/c1-27-16-8-14-15(9-17(16)28-2)23-12-24-19(14)22-6-5-21-11-18(26)25-7-3-4-13(25)10-20;2*1-5(2,3)4/h8-9,12-13,21H,3-7,11H2,1-2H3,(H,22,23,24);2*1H3,(H,2,3,4)/t13-;;/m0../s1. The number of fused-ring (bicyclic) bond motifs is 1. The van der Waals surface area contributed by atoms with Crippen molar-refractivity contribution in [3.63, 3.8) is 0 Å². The van der Waals surface area contributed by atoms with Gasteiger partial charge in [0.1, 0.15) is 18.2 Å². The quantitative estimate of drug-likeness (QED) is 0.243. The second-order valence-electron chi connectivity index (χ2n) is 7.89. The summed E-state index contributed by atoms with van der Waals surface area (Å²) in [5.74, 6) is 1.86. The van der Waals surface area contributed by atoms with Gasteiger partial charge >= 0.3 is 0 Å². The summed E-state index contributed by atoms with van der Waals surface area (Å²) in [6.07, 6.45) is 4.57. The van der Waals surface area contributed by atoms with Gasteiger partial charge in [0.05, 0.1) is 44.9 Å². The third-order valence-electron chi connectivity index (χ3n) is 4.73. The van der Waals surface area contributed by atoms with Crippen LogP contribution in [-0.4, -0.2) is 106 Å². The third kappa shape index (κ3) is 12.8. The molecule has 1 aliphatic rings. The number of rotatable bonds is 8. The number of aromatic nitrogens is 2. The maximum absolute atomic E-state index is 12.2. The van der Waals surface area contributed by atoms with Crippen LogP contribution >= 0.6 is 0 Å². The Balaban J connectivity index is 0.000000616. The SMILES string of the molecule is COc1cc2ncnc(NCCNCC(=O)N3CCC[C@H]3C#N)c2cc1OC.CS(=O)(=O)O.CS(=O)(=O)O. The molecular formula is C21H32N6O9S2. The third-order valence-corrected chi connectivity index (χ3v) is 4.73. The van der Waals surface area contributed by atoms with Crippen molar-refractivity contribution in [3.8, 4) is 17.6 Å². The van der Waals surface area contributed by atoms with Gasteiger partial charge in [-0.05, 0) is 18.9 Å². The summed E-state index contributed by atoms with van der Waals surface area (Å²) >= 11 is 0. The molecule has 2 aromatic rings. The molecule has 2 heterocycles. The number of anilines is 1. The van der Waals surface area contributed by atoms with Crippen molar-refractivity contribution in [1.29, 1.82) is 5.26 Å². The number of amides is 1. The van der Waals surface area contributed by atoms with E-state index in [0.29, 0.717) is 49.5 Å². The summed E-state index contributed by atoms with van der Waals surface area (Å²) in [6, 6.07) is 5.54. The Bertz CT molecular complexity index is 1280. The van der Waals surface area contributed by atoms with E-state index in [4.69, 9.17) is 23.8 Å². The van der Waals surface area contributed by atoms with Gasteiger partial charge in [0, 0.05) is 31.1 Å². The number of nitriles is 1. The zero-order valence-electron chi connectivity index (χ0n) is 21.4. The van der Waals surface area contributed by atoms with Crippen LogP contribution in [0.1, 0.15) is 12.8 Å². The number of carbonyl (C=O) groups excluding carboxylic acids is 1. The van der Waals surface area contributed by atoms with Crippen LogP contribution in [0.15, 0.2) is 18.5 Å². The number of hydrogen-bond acceptors (Lipinski definition) is 12. The summed E-state index contributed by atoms with van der Waals surface area (Å²) < 4.78 is 62.4. The molecule has 0 spiro atoms. The first kappa shape index (κ1) is 32.7. The fourth-order valence-corrected chi connectivity index (χ4v) is 3.29. The molecule has 3 rings (SSSR count). The maximum atomic E-state index is 12.2. The Morgan fingerprint density at radius 1 is 1.11 bits per heavy atom. The lowest BCUT2D eigenvalue weighted by atomic mass is 10.2. The summed E-state index contributed by atoms with van der Waals surface area (Å²) in [5, 5.41) is 16.3. The molecule has 0 bridgehead atoms. The van der Waals surface area contributed by atoms with Gasteiger partial charge in [-0.1, -0.05) is 0 Å². The first-order chi connectivity index (χ1) is 17.7. The van der Waals surface area contributed by atoms with Crippen LogP contribution in [0.25, 0.3) is 10.9 Å². The van der Waals surface area contributed by atoms with E-state index in [2.05, 4.69) is 26.7 Å². The molecule has 212 valence electrons. The molecule has 1 aromatic heterocycles. The highest BCUT2D eigenvalue weighted by Gasteiger charge is 2.27. The molecule has 38 heavy (non-hydrogen) atoms. The largest absolute Gasteiger partial charge is 0.493 e. The van der Waals surface area contributed by atoms with Crippen molar-refractivity contribution in [2.24, 2.45) is 0 Å². The zero-order chi connectivity index (χ0) is 28.9. The average Bonchev–Trinajstić information content (AvgIpc) is 3.30. The highest BCUT2D eigenvalue weighted by molar-refractivity contribution is 7.85. The van der Waals surface area contributed by atoms with Crippen molar-refractivity contribution in [2.75, 3.05) is 58.2 Å². The number of likely N-dealkylation sites (tertiary alicyclic amines) is 1. The van der Waals surface area contributed by atoms with Gasteiger partial charge in [0.25, 0.3) is 20.2 Å². The van der Waals surface area contributed by atoms with Gasteiger partial charge in [0.15, 0.2) is 11.5 Å². The molecule has 0 aliphatic carbocycles. The van der Waals surface area contributed by atoms with Crippen LogP contribution in [0.2, 0.25) is 0 Å². The van der Waals surface area contributed by atoms with Gasteiger partial charge in [-0.2, -0.15) is 22.1 Å². The molecule has 1 amide bonds. The molecule has 15 nitrogen and oxygen atoms in total. The normalized spacial score (nSPS) is 14.9. The highest BCUT2D eigenvalue weighted by atomic mass is 32.2. The second-order valence-corrected chi connectivity index (χ2v) is 10.8. The molecule has 1 aliphatic heterocycles. The molecule has 0 unspecified atom stereocenters. The van der Waals surface area contributed by atoms with Crippen molar-refractivity contribution in [1.82, 2.24) is 20.2 Å². The Labute approximate surface area is 221 Å². The molecule has 1 fully saturated rings. The van der Waals surface area contributed by atoms with Crippen LogP contribution < -0.4 is 20.1 Å². The summed E-state index contributed by atoms with van der Waals surface area (Å²) in [7, 11) is -4.17. The number of nitrogens with zero attached hydrogens (tertiary/aromatic N) is 4. The van der Waals surface area contributed by atoms with Gasteiger partial charge in [-0.25, -0.2) is 9.97 Å². The Morgan fingerprint density at radius 2 is 1.68 bits per heavy atom. The number of hydrogen-bond donors (Lipinski definition) is 4. The minimum atomic E-state index is -3.67. The van der Waals surface area contributed by atoms with E-state index in [1.165, 1.54) is 6.33 Å². The van der Waals surface area contributed by atoms with E-state index in [0.717, 1.165) is 23.7 Å². The van der Waals surface area contributed by atoms with E-state index in [-0.39, 0.29) is 18.5 Å². The van der Waals surface area contributed by atoms with Gasteiger partial charge in [-0.3, -0.25) is 13.9 Å². The number of ether oxygens (including phenoxy) is 2. The first-order valence-electron chi connectivity index (χ1n) is 11.0. The monoisotopic (exact) mass is 576 g/mol. The topological polar surface area (TPSA) is 221 Å². The van der Waals surface area contributed by atoms with Crippen LogP contribution in [-0.2, 0) is 25.0 Å². The lowest BCUT2D eigenvalue weighted by Gasteiger charge is -2.19. The summed E-state index contributed by atoms with van der Waals surface area (Å²) in [6.45, 7) is 2.04. The molecule has 4 N–H and O–H groups in total. The van der Waals surface area contributed by atoms with Gasteiger partial charge in [0.2, 0.25) is 5.91 Å². The van der Waals surface area contributed by atoms with Crippen LogP contribution in [0, 0.1) is 11.3 Å². The molecule has 17 heteroatoms. The van der Waals surface area contributed by atoms with Crippen molar-refractivity contribution < 1.29 is 40.2 Å². The smallest absolute Gasteiger partial charge is 0.261 e. The van der Waals surface area contributed by atoms with Crippen LogP contribution in [0.4, 0.5) is 5.82 Å². The molecule has 1 atom stereocenters. The minimum absolute atomic E-state index is 0.0339. The lowest BCUT2D eigenvalue weighted by molar-refractivity contribution is -0.130. The van der Waals surface area contributed by atoms with E-state index >= 15 is 0 Å². The van der Waals surface area contributed by atoms with Gasteiger partial charge in [-0.15, -0.1) is 0 Å². The fourth-order valence-electron chi connectivity index (χ4n) is 3.29. The van der Waals surface area contributed by atoms with E-state index in [1.807, 2.05) is 6.07 Å². The van der Waals surface area contributed by atoms with Crippen LogP contribution in [0.3, 0.4) is 0 Å². The predicted octanol–water partition coefficient (Wildman–Crippen LogP) is 0.171. The number of nitrogens with one attached hydrogen (secondary N) is 2. The van der Waals surface area contributed by atoms with Crippen LogP contribution in [0.5, 0.6) is 11.5 Å². The Hall–Kier alpha value is -3.30. The van der Waals surface area contributed by atoms with Crippen molar-refractivity contribution >= 4 is 42.9 Å². The van der Waals surface area contributed by atoms with E-state index < -0.39 is 20.2 Å². The molecule has 0 saturated carbocycles. The maximum Gasteiger partial charge on any atom is 0.261 e. The fraction of sp³-hybridized carbons (Fsp3) is 0.524. The number of benzene rings is 1. The molecule has 1 aromatic carbocycles. The summed E-state index contributed by atoms with van der Waals surface area (Å²) in [4.78, 5) is 22.4. The Kier molecular flexibility index (Phi) is 13.1. The van der Waals surface area contributed by atoms with E-state index in [9.17, 15) is 21.6 Å². The van der Waals surface area contributed by atoms with Gasteiger partial charge < -0.3 is 25.0 Å². The first-order valence-corrected chi connectivity index (χ1v) is 14.7.